The normalized spacial score (nSPS) is 11.5. The van der Waals surface area contributed by atoms with Crippen molar-refractivity contribution in [2.45, 2.75) is 32.2 Å². The highest BCUT2D eigenvalue weighted by Crippen LogP contribution is 2.05. The maximum atomic E-state index is 11.6. The average molecular weight is 292 g/mol. The van der Waals surface area contributed by atoms with Crippen LogP contribution >= 0.6 is 0 Å². The number of carboxylic acids is 1. The summed E-state index contributed by atoms with van der Waals surface area (Å²) >= 11 is 0. The first-order valence-electron chi connectivity index (χ1n) is 6.79. The molecule has 0 spiro atoms. The van der Waals surface area contributed by atoms with Gasteiger partial charge in [-0.1, -0.05) is 30.3 Å². The molecule has 0 radical (unpaired) electrons. The fraction of sp³-hybridized carbons (Fsp3) is 0.400. The zero-order valence-electron chi connectivity index (χ0n) is 12.0. The fourth-order valence-electron chi connectivity index (χ4n) is 1.83. The molecule has 0 saturated heterocycles. The van der Waals surface area contributed by atoms with Crippen molar-refractivity contribution in [2.75, 3.05) is 6.54 Å². The molecule has 0 aliphatic rings. The van der Waals surface area contributed by atoms with Crippen LogP contribution in [0, 0.1) is 0 Å². The predicted octanol–water partition coefficient (Wildman–Crippen LogP) is 0.715. The second-order valence-corrected chi connectivity index (χ2v) is 4.72. The van der Waals surface area contributed by atoms with Crippen LogP contribution in [0.15, 0.2) is 30.3 Å². The van der Waals surface area contributed by atoms with Gasteiger partial charge in [0, 0.05) is 19.9 Å². The second kappa shape index (κ2) is 8.73. The molecule has 6 nitrogen and oxygen atoms in total. The van der Waals surface area contributed by atoms with Crippen LogP contribution in [0.2, 0.25) is 0 Å². The zero-order chi connectivity index (χ0) is 15.7. The molecule has 0 heterocycles. The number of benzene rings is 1. The molecule has 21 heavy (non-hydrogen) atoms. The minimum atomic E-state index is -1.06. The Labute approximate surface area is 123 Å². The summed E-state index contributed by atoms with van der Waals surface area (Å²) in [5.74, 6) is -1.66. The van der Waals surface area contributed by atoms with Crippen LogP contribution in [-0.2, 0) is 20.8 Å². The van der Waals surface area contributed by atoms with Crippen molar-refractivity contribution in [2.24, 2.45) is 0 Å². The lowest BCUT2D eigenvalue weighted by molar-refractivity contribution is -0.142. The van der Waals surface area contributed by atoms with Crippen molar-refractivity contribution in [3.63, 3.8) is 0 Å². The van der Waals surface area contributed by atoms with E-state index in [2.05, 4.69) is 10.6 Å². The molecule has 3 N–H and O–H groups in total. The SMILES string of the molecule is CC(=O)NCCC(=O)NC(CCc1ccccc1)C(=O)O. The number of amides is 2. The van der Waals surface area contributed by atoms with Crippen LogP contribution in [0.25, 0.3) is 0 Å². The van der Waals surface area contributed by atoms with Gasteiger partial charge in [0.1, 0.15) is 6.04 Å². The van der Waals surface area contributed by atoms with E-state index < -0.39 is 12.0 Å². The Balaban J connectivity index is 2.41. The quantitative estimate of drug-likeness (QED) is 0.657. The van der Waals surface area contributed by atoms with Gasteiger partial charge in [-0.3, -0.25) is 9.59 Å². The van der Waals surface area contributed by atoms with Gasteiger partial charge in [0.15, 0.2) is 0 Å². The maximum Gasteiger partial charge on any atom is 0.326 e. The Morgan fingerprint density at radius 2 is 1.86 bits per heavy atom. The molecule has 2 amide bonds. The standard InChI is InChI=1S/C15H20N2O4/c1-11(18)16-10-9-14(19)17-13(15(20)21)8-7-12-5-3-2-4-6-12/h2-6,13H,7-10H2,1H3,(H,16,18)(H,17,19)(H,20,21). The first kappa shape index (κ1) is 16.7. The summed E-state index contributed by atoms with van der Waals surface area (Å²) in [5.41, 5.74) is 1.02. The number of carbonyl (C=O) groups excluding carboxylic acids is 2. The second-order valence-electron chi connectivity index (χ2n) is 4.72. The molecule has 1 aromatic rings. The summed E-state index contributed by atoms with van der Waals surface area (Å²) in [7, 11) is 0. The van der Waals surface area contributed by atoms with Crippen molar-refractivity contribution < 1.29 is 19.5 Å². The number of rotatable bonds is 8. The van der Waals surface area contributed by atoms with Gasteiger partial charge in [0.05, 0.1) is 0 Å². The van der Waals surface area contributed by atoms with E-state index in [0.717, 1.165) is 5.56 Å². The van der Waals surface area contributed by atoms with E-state index in [0.29, 0.717) is 12.8 Å². The molecule has 1 atom stereocenters. The number of hydrogen-bond acceptors (Lipinski definition) is 3. The van der Waals surface area contributed by atoms with E-state index in [1.165, 1.54) is 6.92 Å². The summed E-state index contributed by atoms with van der Waals surface area (Å²) in [6.45, 7) is 1.56. The highest BCUT2D eigenvalue weighted by atomic mass is 16.4. The average Bonchev–Trinajstić information content (AvgIpc) is 2.43. The number of hydrogen-bond donors (Lipinski definition) is 3. The molecular weight excluding hydrogens is 272 g/mol. The first-order valence-corrected chi connectivity index (χ1v) is 6.79. The van der Waals surface area contributed by atoms with Crippen LogP contribution in [0.1, 0.15) is 25.3 Å². The molecule has 0 aromatic heterocycles. The molecule has 1 aromatic carbocycles. The fourth-order valence-corrected chi connectivity index (χ4v) is 1.83. The molecule has 0 aliphatic heterocycles. The maximum absolute atomic E-state index is 11.6. The van der Waals surface area contributed by atoms with Gasteiger partial charge >= 0.3 is 5.97 Å². The highest BCUT2D eigenvalue weighted by Gasteiger charge is 2.19. The third-order valence-corrected chi connectivity index (χ3v) is 2.92. The summed E-state index contributed by atoms with van der Waals surface area (Å²) in [4.78, 5) is 33.5. The van der Waals surface area contributed by atoms with E-state index in [4.69, 9.17) is 5.11 Å². The minimum absolute atomic E-state index is 0.0642. The van der Waals surface area contributed by atoms with Crippen molar-refractivity contribution in [3.8, 4) is 0 Å². The molecular formula is C15H20N2O4. The highest BCUT2D eigenvalue weighted by molar-refractivity contribution is 5.84. The number of nitrogens with one attached hydrogen (secondary N) is 2. The molecule has 0 fully saturated rings. The van der Waals surface area contributed by atoms with Crippen LogP contribution in [0.3, 0.4) is 0 Å². The topological polar surface area (TPSA) is 95.5 Å². The molecule has 0 saturated carbocycles. The molecule has 1 rings (SSSR count). The Hall–Kier alpha value is -2.37. The van der Waals surface area contributed by atoms with E-state index in [-0.39, 0.29) is 24.8 Å². The lowest BCUT2D eigenvalue weighted by Gasteiger charge is -2.14. The molecule has 1 unspecified atom stereocenters. The number of aryl methyl sites for hydroxylation is 1. The number of carboxylic acid groups (broad SMARTS) is 1. The van der Waals surface area contributed by atoms with Crippen LogP contribution < -0.4 is 10.6 Å². The minimum Gasteiger partial charge on any atom is -0.480 e. The van der Waals surface area contributed by atoms with Gasteiger partial charge in [0.25, 0.3) is 0 Å². The van der Waals surface area contributed by atoms with Gasteiger partial charge in [0.2, 0.25) is 11.8 Å². The molecule has 0 bridgehead atoms. The van der Waals surface area contributed by atoms with E-state index in [1.807, 2.05) is 30.3 Å². The van der Waals surface area contributed by atoms with Gasteiger partial charge < -0.3 is 15.7 Å². The van der Waals surface area contributed by atoms with Gasteiger partial charge in [-0.25, -0.2) is 4.79 Å². The zero-order valence-corrected chi connectivity index (χ0v) is 12.0. The van der Waals surface area contributed by atoms with E-state index in [9.17, 15) is 14.4 Å². The van der Waals surface area contributed by atoms with Crippen molar-refractivity contribution in [3.05, 3.63) is 35.9 Å². The Bertz CT molecular complexity index is 488. The van der Waals surface area contributed by atoms with Crippen molar-refractivity contribution >= 4 is 17.8 Å². The smallest absolute Gasteiger partial charge is 0.326 e. The third kappa shape index (κ3) is 7.10. The summed E-state index contributed by atoms with van der Waals surface area (Å²) in [6, 6.07) is 8.57. The van der Waals surface area contributed by atoms with Crippen molar-refractivity contribution in [1.82, 2.24) is 10.6 Å². The largest absolute Gasteiger partial charge is 0.480 e. The monoisotopic (exact) mass is 292 g/mol. The summed E-state index contributed by atoms with van der Waals surface area (Å²) in [5, 5.41) is 14.1. The van der Waals surface area contributed by atoms with Gasteiger partial charge in [-0.05, 0) is 18.4 Å². The Morgan fingerprint density at radius 1 is 1.19 bits per heavy atom. The summed E-state index contributed by atoms with van der Waals surface area (Å²) in [6.07, 6.45) is 0.962. The van der Waals surface area contributed by atoms with E-state index in [1.54, 1.807) is 0 Å². The van der Waals surface area contributed by atoms with E-state index >= 15 is 0 Å². The van der Waals surface area contributed by atoms with Gasteiger partial charge in [-0.2, -0.15) is 0 Å². The first-order chi connectivity index (χ1) is 9.99. The lowest BCUT2D eigenvalue weighted by atomic mass is 10.1. The van der Waals surface area contributed by atoms with Crippen LogP contribution in [0.4, 0.5) is 0 Å². The lowest BCUT2D eigenvalue weighted by Crippen LogP contribution is -2.42. The van der Waals surface area contributed by atoms with Crippen LogP contribution in [-0.4, -0.2) is 35.5 Å². The number of carbonyl (C=O) groups is 3. The molecule has 6 heteroatoms. The van der Waals surface area contributed by atoms with Crippen molar-refractivity contribution in [1.29, 1.82) is 0 Å². The van der Waals surface area contributed by atoms with Gasteiger partial charge in [-0.15, -0.1) is 0 Å². The third-order valence-electron chi connectivity index (χ3n) is 2.92. The number of aliphatic carboxylic acids is 1. The predicted molar refractivity (Wildman–Crippen MR) is 77.6 cm³/mol. The molecule has 0 aliphatic carbocycles. The van der Waals surface area contributed by atoms with Crippen LogP contribution in [0.5, 0.6) is 0 Å². The summed E-state index contributed by atoms with van der Waals surface area (Å²) < 4.78 is 0. The Kier molecular flexibility index (Phi) is 6.94. The Morgan fingerprint density at radius 3 is 2.43 bits per heavy atom. The molecule has 114 valence electrons.